The van der Waals surface area contributed by atoms with Gasteiger partial charge in [0, 0.05) is 11.9 Å². The SMILES string of the molecule is CCc1cccc(Nc2nc(N)ncc2Br)c1. The number of hydrogen-bond donors (Lipinski definition) is 2. The number of anilines is 3. The van der Waals surface area contributed by atoms with Crippen molar-refractivity contribution >= 4 is 33.4 Å². The van der Waals surface area contributed by atoms with Crippen molar-refractivity contribution in [2.24, 2.45) is 0 Å². The topological polar surface area (TPSA) is 63.8 Å². The third kappa shape index (κ3) is 2.94. The van der Waals surface area contributed by atoms with E-state index in [2.05, 4.69) is 50.3 Å². The van der Waals surface area contributed by atoms with Crippen molar-refractivity contribution in [1.82, 2.24) is 9.97 Å². The largest absolute Gasteiger partial charge is 0.368 e. The molecule has 0 aliphatic carbocycles. The van der Waals surface area contributed by atoms with Gasteiger partial charge >= 0.3 is 0 Å². The molecular weight excluding hydrogens is 280 g/mol. The summed E-state index contributed by atoms with van der Waals surface area (Å²) in [5.74, 6) is 0.924. The van der Waals surface area contributed by atoms with E-state index in [0.29, 0.717) is 5.82 Å². The second kappa shape index (κ2) is 5.14. The van der Waals surface area contributed by atoms with Crippen LogP contribution in [0.15, 0.2) is 34.9 Å². The van der Waals surface area contributed by atoms with Crippen molar-refractivity contribution in [3.8, 4) is 0 Å². The minimum atomic E-state index is 0.252. The summed E-state index contributed by atoms with van der Waals surface area (Å²) < 4.78 is 0.786. The molecule has 1 heterocycles. The molecule has 2 rings (SSSR count). The third-order valence-electron chi connectivity index (χ3n) is 2.36. The summed E-state index contributed by atoms with van der Waals surface area (Å²) in [7, 11) is 0. The lowest BCUT2D eigenvalue weighted by Gasteiger charge is -2.08. The van der Waals surface area contributed by atoms with Crippen LogP contribution >= 0.6 is 15.9 Å². The number of nitrogens with one attached hydrogen (secondary N) is 1. The predicted octanol–water partition coefficient (Wildman–Crippen LogP) is 3.13. The van der Waals surface area contributed by atoms with Gasteiger partial charge in [-0.1, -0.05) is 19.1 Å². The molecule has 3 N–H and O–H groups in total. The minimum Gasteiger partial charge on any atom is -0.368 e. The molecule has 0 saturated carbocycles. The van der Waals surface area contributed by atoms with Gasteiger partial charge in [0.15, 0.2) is 0 Å². The molecule has 0 atom stereocenters. The fourth-order valence-electron chi connectivity index (χ4n) is 1.47. The van der Waals surface area contributed by atoms with Crippen LogP contribution < -0.4 is 11.1 Å². The molecule has 0 bridgehead atoms. The predicted molar refractivity (Wildman–Crippen MR) is 73.2 cm³/mol. The Morgan fingerprint density at radius 2 is 2.24 bits per heavy atom. The summed E-state index contributed by atoms with van der Waals surface area (Å²) in [6, 6.07) is 8.18. The van der Waals surface area contributed by atoms with Crippen molar-refractivity contribution in [1.29, 1.82) is 0 Å². The van der Waals surface area contributed by atoms with Gasteiger partial charge in [0.25, 0.3) is 0 Å². The summed E-state index contributed by atoms with van der Waals surface area (Å²) in [5.41, 5.74) is 7.81. The molecule has 5 heteroatoms. The summed E-state index contributed by atoms with van der Waals surface area (Å²) >= 11 is 3.38. The van der Waals surface area contributed by atoms with Crippen molar-refractivity contribution in [3.05, 3.63) is 40.5 Å². The number of nitrogens with zero attached hydrogens (tertiary/aromatic N) is 2. The maximum absolute atomic E-state index is 5.55. The monoisotopic (exact) mass is 292 g/mol. The lowest BCUT2D eigenvalue weighted by Crippen LogP contribution is -2.00. The van der Waals surface area contributed by atoms with E-state index < -0.39 is 0 Å². The highest BCUT2D eigenvalue weighted by Crippen LogP contribution is 2.24. The zero-order chi connectivity index (χ0) is 12.3. The van der Waals surface area contributed by atoms with Crippen LogP contribution in [0.3, 0.4) is 0 Å². The zero-order valence-electron chi connectivity index (χ0n) is 9.44. The van der Waals surface area contributed by atoms with E-state index in [4.69, 9.17) is 5.73 Å². The van der Waals surface area contributed by atoms with Crippen LogP contribution in [0.2, 0.25) is 0 Å². The van der Waals surface area contributed by atoms with Crippen LogP contribution in [0, 0.1) is 0 Å². The fraction of sp³-hybridized carbons (Fsp3) is 0.167. The number of halogens is 1. The first-order valence-corrected chi connectivity index (χ1v) is 6.12. The van der Waals surface area contributed by atoms with Crippen LogP contribution in [-0.4, -0.2) is 9.97 Å². The molecule has 1 aromatic carbocycles. The molecule has 1 aromatic heterocycles. The second-order valence-corrected chi connectivity index (χ2v) is 4.46. The van der Waals surface area contributed by atoms with E-state index in [1.54, 1.807) is 6.20 Å². The second-order valence-electron chi connectivity index (χ2n) is 3.60. The standard InChI is InChI=1S/C12H13BrN4/c1-2-8-4-3-5-9(6-8)16-11-10(13)7-15-12(14)17-11/h3-7H,2H2,1H3,(H3,14,15,16,17). The normalized spacial score (nSPS) is 10.2. The van der Waals surface area contributed by atoms with Gasteiger partial charge in [-0.15, -0.1) is 0 Å². The van der Waals surface area contributed by atoms with E-state index in [1.807, 2.05) is 12.1 Å². The smallest absolute Gasteiger partial charge is 0.222 e. The Hall–Kier alpha value is -1.62. The molecule has 0 aliphatic rings. The average molecular weight is 293 g/mol. The van der Waals surface area contributed by atoms with Gasteiger partial charge < -0.3 is 11.1 Å². The van der Waals surface area contributed by atoms with E-state index in [0.717, 1.165) is 16.6 Å². The molecule has 17 heavy (non-hydrogen) atoms. The van der Waals surface area contributed by atoms with Gasteiger partial charge in [-0.3, -0.25) is 0 Å². The molecule has 0 radical (unpaired) electrons. The lowest BCUT2D eigenvalue weighted by molar-refractivity contribution is 1.14. The number of nitrogen functional groups attached to an aromatic ring is 1. The summed E-state index contributed by atoms with van der Waals surface area (Å²) in [6.45, 7) is 2.12. The first-order chi connectivity index (χ1) is 8.19. The minimum absolute atomic E-state index is 0.252. The quantitative estimate of drug-likeness (QED) is 0.912. The van der Waals surface area contributed by atoms with Gasteiger partial charge in [0.2, 0.25) is 5.95 Å². The van der Waals surface area contributed by atoms with Gasteiger partial charge in [0.1, 0.15) is 5.82 Å². The zero-order valence-corrected chi connectivity index (χ0v) is 11.0. The van der Waals surface area contributed by atoms with Gasteiger partial charge in [-0.2, -0.15) is 4.98 Å². The van der Waals surface area contributed by atoms with Crippen molar-refractivity contribution in [3.63, 3.8) is 0 Å². The van der Waals surface area contributed by atoms with Crippen molar-refractivity contribution < 1.29 is 0 Å². The van der Waals surface area contributed by atoms with Crippen molar-refractivity contribution in [2.45, 2.75) is 13.3 Å². The maximum atomic E-state index is 5.55. The number of hydrogen-bond acceptors (Lipinski definition) is 4. The van der Waals surface area contributed by atoms with E-state index >= 15 is 0 Å². The van der Waals surface area contributed by atoms with Crippen LogP contribution in [0.5, 0.6) is 0 Å². The van der Waals surface area contributed by atoms with E-state index in [9.17, 15) is 0 Å². The molecule has 0 saturated heterocycles. The molecule has 0 unspecified atom stereocenters. The van der Waals surface area contributed by atoms with Gasteiger partial charge in [-0.05, 0) is 40.0 Å². The Morgan fingerprint density at radius 3 is 3.00 bits per heavy atom. The lowest BCUT2D eigenvalue weighted by atomic mass is 10.1. The maximum Gasteiger partial charge on any atom is 0.222 e. The summed E-state index contributed by atoms with van der Waals surface area (Å²) in [6.07, 6.45) is 2.64. The van der Waals surface area contributed by atoms with Gasteiger partial charge in [0.05, 0.1) is 4.47 Å². The Kier molecular flexibility index (Phi) is 3.58. The molecule has 88 valence electrons. The Morgan fingerprint density at radius 1 is 1.41 bits per heavy atom. The Bertz CT molecular complexity index is 528. The molecular formula is C12H13BrN4. The van der Waals surface area contributed by atoms with E-state index in [1.165, 1.54) is 5.56 Å². The van der Waals surface area contributed by atoms with Crippen LogP contribution in [-0.2, 0) is 6.42 Å². The number of nitrogens with two attached hydrogens (primary N) is 1. The van der Waals surface area contributed by atoms with Crippen LogP contribution in [0.4, 0.5) is 17.5 Å². The molecule has 0 amide bonds. The molecule has 4 nitrogen and oxygen atoms in total. The molecule has 2 aromatic rings. The van der Waals surface area contributed by atoms with Crippen LogP contribution in [0.1, 0.15) is 12.5 Å². The van der Waals surface area contributed by atoms with Crippen LogP contribution in [0.25, 0.3) is 0 Å². The highest BCUT2D eigenvalue weighted by molar-refractivity contribution is 9.10. The summed E-state index contributed by atoms with van der Waals surface area (Å²) in [5, 5.41) is 3.21. The average Bonchev–Trinajstić information content (AvgIpc) is 2.34. The number of aromatic nitrogens is 2. The first kappa shape index (κ1) is 11.9. The number of aryl methyl sites for hydroxylation is 1. The number of rotatable bonds is 3. The third-order valence-corrected chi connectivity index (χ3v) is 2.94. The van der Waals surface area contributed by atoms with Gasteiger partial charge in [-0.25, -0.2) is 4.98 Å². The first-order valence-electron chi connectivity index (χ1n) is 5.33. The molecule has 0 spiro atoms. The highest BCUT2D eigenvalue weighted by Gasteiger charge is 2.03. The number of benzene rings is 1. The highest BCUT2D eigenvalue weighted by atomic mass is 79.9. The molecule has 0 aliphatic heterocycles. The Labute approximate surface area is 108 Å². The molecule has 0 fully saturated rings. The van der Waals surface area contributed by atoms with Crippen molar-refractivity contribution in [2.75, 3.05) is 11.1 Å². The summed E-state index contributed by atoms with van der Waals surface area (Å²) in [4.78, 5) is 8.03. The fourth-order valence-corrected chi connectivity index (χ4v) is 1.76. The van der Waals surface area contributed by atoms with E-state index in [-0.39, 0.29) is 5.95 Å². The Balaban J connectivity index is 2.27.